The third-order valence-corrected chi connectivity index (χ3v) is 4.89. The average Bonchev–Trinajstić information content (AvgIpc) is 2.75. The van der Waals surface area contributed by atoms with Crippen LogP contribution in [0.4, 0.5) is 0 Å². The van der Waals surface area contributed by atoms with Crippen molar-refractivity contribution in [2.45, 2.75) is 39.2 Å². The molecular formula is C16H19N3S. The van der Waals surface area contributed by atoms with E-state index in [0.717, 1.165) is 21.7 Å². The molecule has 1 aromatic heterocycles. The fraction of sp³-hybridized carbons (Fsp3) is 0.500. The summed E-state index contributed by atoms with van der Waals surface area (Å²) in [7, 11) is 0. The number of imidazole rings is 1. The lowest BCUT2D eigenvalue weighted by atomic mass is 9.79. The molecule has 0 bridgehead atoms. The standard InChI is InChI=1S/C16H19N3S/c1-10-6-7-13(11(2)8-10)19-14-5-3-4-12(9-17)15(14)18-16(19)20/h3-5,10-11,13H,6-8H2,1-2H3,(H,18,20). The van der Waals surface area contributed by atoms with E-state index in [2.05, 4.69) is 35.5 Å². The Morgan fingerprint density at radius 1 is 1.35 bits per heavy atom. The molecule has 4 heteroatoms. The van der Waals surface area contributed by atoms with Crippen molar-refractivity contribution in [3.63, 3.8) is 0 Å². The molecule has 0 aliphatic heterocycles. The van der Waals surface area contributed by atoms with Gasteiger partial charge in [0.2, 0.25) is 0 Å². The van der Waals surface area contributed by atoms with Gasteiger partial charge in [-0.2, -0.15) is 5.26 Å². The molecule has 0 saturated heterocycles. The van der Waals surface area contributed by atoms with E-state index >= 15 is 0 Å². The van der Waals surface area contributed by atoms with E-state index in [9.17, 15) is 5.26 Å². The minimum Gasteiger partial charge on any atom is -0.329 e. The second-order valence-corrected chi connectivity index (χ2v) is 6.46. The van der Waals surface area contributed by atoms with Crippen LogP contribution in [0, 0.1) is 27.9 Å². The van der Waals surface area contributed by atoms with E-state index in [1.165, 1.54) is 19.3 Å². The van der Waals surface area contributed by atoms with Crippen molar-refractivity contribution < 1.29 is 0 Å². The smallest absolute Gasteiger partial charge is 0.178 e. The van der Waals surface area contributed by atoms with Crippen LogP contribution in [0.3, 0.4) is 0 Å². The first-order chi connectivity index (χ1) is 9.61. The lowest BCUT2D eigenvalue weighted by Gasteiger charge is -2.33. The number of fused-ring (bicyclic) bond motifs is 1. The molecule has 3 rings (SSSR count). The molecule has 1 heterocycles. The zero-order valence-corrected chi connectivity index (χ0v) is 12.7. The van der Waals surface area contributed by atoms with Gasteiger partial charge >= 0.3 is 0 Å². The molecule has 1 aliphatic carbocycles. The maximum Gasteiger partial charge on any atom is 0.178 e. The SMILES string of the molecule is CC1CCC(n2c(=S)[nH]c3c(C#N)cccc32)C(C)C1. The molecule has 2 aromatic rings. The number of benzene rings is 1. The number of para-hydroxylation sites is 1. The third-order valence-electron chi connectivity index (χ3n) is 4.59. The summed E-state index contributed by atoms with van der Waals surface area (Å²) >= 11 is 5.52. The number of nitriles is 1. The first-order valence-corrected chi connectivity index (χ1v) is 7.66. The molecule has 1 aromatic carbocycles. The first kappa shape index (κ1) is 13.4. The van der Waals surface area contributed by atoms with Gasteiger partial charge in [0.15, 0.2) is 4.77 Å². The van der Waals surface area contributed by atoms with Crippen LogP contribution in [-0.2, 0) is 0 Å². The lowest BCUT2D eigenvalue weighted by Crippen LogP contribution is -2.24. The van der Waals surface area contributed by atoms with Crippen LogP contribution in [0.5, 0.6) is 0 Å². The predicted octanol–water partition coefficient (Wildman–Crippen LogP) is 4.57. The van der Waals surface area contributed by atoms with Gasteiger partial charge in [-0.1, -0.05) is 19.9 Å². The number of nitrogens with zero attached hydrogens (tertiary/aromatic N) is 2. The van der Waals surface area contributed by atoms with Crippen LogP contribution in [-0.4, -0.2) is 9.55 Å². The van der Waals surface area contributed by atoms with Crippen LogP contribution in [0.2, 0.25) is 0 Å². The molecule has 0 amide bonds. The lowest BCUT2D eigenvalue weighted by molar-refractivity contribution is 0.210. The van der Waals surface area contributed by atoms with E-state index < -0.39 is 0 Å². The molecule has 3 unspecified atom stereocenters. The number of H-pyrrole nitrogens is 1. The quantitative estimate of drug-likeness (QED) is 0.780. The van der Waals surface area contributed by atoms with Crippen molar-refractivity contribution in [2.24, 2.45) is 11.8 Å². The molecule has 1 N–H and O–H groups in total. The second-order valence-electron chi connectivity index (χ2n) is 6.07. The summed E-state index contributed by atoms with van der Waals surface area (Å²) in [6, 6.07) is 8.53. The van der Waals surface area contributed by atoms with Crippen molar-refractivity contribution in [2.75, 3.05) is 0 Å². The zero-order valence-electron chi connectivity index (χ0n) is 11.9. The summed E-state index contributed by atoms with van der Waals surface area (Å²) in [5.41, 5.74) is 2.62. The van der Waals surface area contributed by atoms with Crippen LogP contribution in [0.1, 0.15) is 44.7 Å². The summed E-state index contributed by atoms with van der Waals surface area (Å²) < 4.78 is 2.98. The second kappa shape index (κ2) is 5.06. The summed E-state index contributed by atoms with van der Waals surface area (Å²) in [6.45, 7) is 4.64. The predicted molar refractivity (Wildman–Crippen MR) is 83.1 cm³/mol. The normalized spacial score (nSPS) is 26.6. The van der Waals surface area contributed by atoms with Gasteiger partial charge in [-0.25, -0.2) is 0 Å². The molecule has 0 spiro atoms. The zero-order chi connectivity index (χ0) is 14.3. The van der Waals surface area contributed by atoms with Gasteiger partial charge in [-0.3, -0.25) is 0 Å². The van der Waals surface area contributed by atoms with Crippen molar-refractivity contribution in [1.29, 1.82) is 5.26 Å². The Bertz CT molecular complexity index is 734. The van der Waals surface area contributed by atoms with Crippen LogP contribution in [0.15, 0.2) is 18.2 Å². The number of nitrogens with one attached hydrogen (secondary N) is 1. The average molecular weight is 285 g/mol. The molecule has 1 aliphatic rings. The van der Waals surface area contributed by atoms with E-state index in [1.807, 2.05) is 12.1 Å². The highest BCUT2D eigenvalue weighted by molar-refractivity contribution is 7.71. The molecular weight excluding hydrogens is 266 g/mol. The Labute approximate surface area is 124 Å². The van der Waals surface area contributed by atoms with Crippen LogP contribution >= 0.6 is 12.2 Å². The van der Waals surface area contributed by atoms with Gasteiger partial charge < -0.3 is 9.55 Å². The number of hydrogen-bond donors (Lipinski definition) is 1. The Kier molecular flexibility index (Phi) is 3.39. The fourth-order valence-corrected chi connectivity index (χ4v) is 3.94. The highest BCUT2D eigenvalue weighted by Gasteiger charge is 2.28. The van der Waals surface area contributed by atoms with Gasteiger partial charge in [0.25, 0.3) is 0 Å². The van der Waals surface area contributed by atoms with Gasteiger partial charge in [-0.05, 0) is 55.4 Å². The molecule has 0 radical (unpaired) electrons. The molecule has 104 valence electrons. The van der Waals surface area contributed by atoms with Crippen molar-refractivity contribution in [3.05, 3.63) is 28.5 Å². The number of aromatic amines is 1. The molecule has 1 saturated carbocycles. The summed E-state index contributed by atoms with van der Waals surface area (Å²) in [5.74, 6) is 1.42. The van der Waals surface area contributed by atoms with E-state index in [-0.39, 0.29) is 0 Å². The van der Waals surface area contributed by atoms with Gasteiger partial charge in [0, 0.05) is 6.04 Å². The Balaban J connectivity index is 2.15. The van der Waals surface area contributed by atoms with Crippen molar-refractivity contribution >= 4 is 23.3 Å². The minimum absolute atomic E-state index is 0.446. The first-order valence-electron chi connectivity index (χ1n) is 7.25. The van der Waals surface area contributed by atoms with Gasteiger partial charge in [0.05, 0.1) is 16.6 Å². The topological polar surface area (TPSA) is 44.5 Å². The van der Waals surface area contributed by atoms with Crippen LogP contribution < -0.4 is 0 Å². The van der Waals surface area contributed by atoms with E-state index in [4.69, 9.17) is 12.2 Å². The summed E-state index contributed by atoms with van der Waals surface area (Å²) in [5, 5.41) is 9.22. The summed E-state index contributed by atoms with van der Waals surface area (Å²) in [6.07, 6.45) is 3.67. The molecule has 1 fully saturated rings. The maximum atomic E-state index is 9.22. The maximum absolute atomic E-state index is 9.22. The number of rotatable bonds is 1. The van der Waals surface area contributed by atoms with E-state index in [0.29, 0.717) is 17.5 Å². The Morgan fingerprint density at radius 3 is 2.85 bits per heavy atom. The largest absolute Gasteiger partial charge is 0.329 e. The van der Waals surface area contributed by atoms with Crippen molar-refractivity contribution in [3.8, 4) is 6.07 Å². The van der Waals surface area contributed by atoms with E-state index in [1.54, 1.807) is 0 Å². The Morgan fingerprint density at radius 2 is 2.15 bits per heavy atom. The highest BCUT2D eigenvalue weighted by Crippen LogP contribution is 2.38. The summed E-state index contributed by atoms with van der Waals surface area (Å²) in [4.78, 5) is 3.23. The van der Waals surface area contributed by atoms with Crippen LogP contribution in [0.25, 0.3) is 11.0 Å². The molecule has 3 nitrogen and oxygen atoms in total. The fourth-order valence-electron chi connectivity index (χ4n) is 3.60. The van der Waals surface area contributed by atoms with Crippen molar-refractivity contribution in [1.82, 2.24) is 9.55 Å². The number of aromatic nitrogens is 2. The van der Waals surface area contributed by atoms with Gasteiger partial charge in [-0.15, -0.1) is 0 Å². The highest BCUT2D eigenvalue weighted by atomic mass is 32.1. The third kappa shape index (κ3) is 2.06. The monoisotopic (exact) mass is 285 g/mol. The minimum atomic E-state index is 0.446. The number of hydrogen-bond acceptors (Lipinski definition) is 2. The Hall–Kier alpha value is -1.60. The molecule has 3 atom stereocenters. The van der Waals surface area contributed by atoms with Gasteiger partial charge in [0.1, 0.15) is 6.07 Å². The molecule has 20 heavy (non-hydrogen) atoms.